The highest BCUT2D eigenvalue weighted by Crippen LogP contribution is 2.25. The van der Waals surface area contributed by atoms with E-state index in [-0.39, 0.29) is 5.69 Å². The van der Waals surface area contributed by atoms with Gasteiger partial charge in [0.05, 0.1) is 11.2 Å². The van der Waals surface area contributed by atoms with Crippen LogP contribution in [0, 0.1) is 6.92 Å². The van der Waals surface area contributed by atoms with E-state index >= 15 is 0 Å². The number of benzene rings is 1. The number of anilines is 2. The third-order valence-electron chi connectivity index (χ3n) is 4.02. The maximum Gasteiger partial charge on any atom is 0.332 e. The number of aromatic nitrogens is 3. The lowest BCUT2D eigenvalue weighted by atomic mass is 10.2. The number of hydrogen-bond acceptors (Lipinski definition) is 6. The summed E-state index contributed by atoms with van der Waals surface area (Å²) in [5, 5.41) is 0.571. The third-order valence-corrected chi connectivity index (χ3v) is 5.43. The molecule has 0 saturated heterocycles. The number of para-hydroxylation sites is 1. The van der Waals surface area contributed by atoms with Crippen LogP contribution in [0.5, 0.6) is 0 Å². The molecule has 0 saturated carbocycles. The van der Waals surface area contributed by atoms with Gasteiger partial charge in [-0.2, -0.15) is 0 Å². The molecule has 9 nitrogen and oxygen atoms in total. The fourth-order valence-electron chi connectivity index (χ4n) is 2.67. The third kappa shape index (κ3) is 2.73. The van der Waals surface area contributed by atoms with E-state index in [0.717, 1.165) is 4.57 Å². The van der Waals surface area contributed by atoms with Crippen molar-refractivity contribution in [3.8, 4) is 0 Å². The SMILES string of the molecule is Cc1cc(NS(=O)(=O)c2c(N)n(C)c(=O)n(C)c2=O)c2ccccc2n1. The van der Waals surface area contributed by atoms with Gasteiger partial charge in [0.2, 0.25) is 0 Å². The van der Waals surface area contributed by atoms with Crippen molar-refractivity contribution in [3.05, 3.63) is 56.9 Å². The molecule has 0 aliphatic carbocycles. The minimum Gasteiger partial charge on any atom is -0.384 e. The molecule has 2 heterocycles. The number of nitrogen functional groups attached to an aromatic ring is 1. The standard InChI is InChI=1S/C16H17N5O4S/c1-9-8-12(10-6-4-5-7-11(10)18-9)19-26(24,25)13-14(17)20(2)16(23)21(3)15(13)22/h4-8H,17H2,1-3H3,(H,18,19). The summed E-state index contributed by atoms with van der Waals surface area (Å²) >= 11 is 0. The van der Waals surface area contributed by atoms with Crippen molar-refractivity contribution in [2.24, 2.45) is 14.1 Å². The van der Waals surface area contributed by atoms with Gasteiger partial charge in [-0.1, -0.05) is 18.2 Å². The molecule has 0 atom stereocenters. The summed E-state index contributed by atoms with van der Waals surface area (Å²) in [6.07, 6.45) is 0. The number of fused-ring (bicyclic) bond motifs is 1. The van der Waals surface area contributed by atoms with Gasteiger partial charge in [0, 0.05) is 25.2 Å². The molecule has 3 rings (SSSR count). The molecule has 0 radical (unpaired) electrons. The molecule has 0 aliphatic heterocycles. The van der Waals surface area contributed by atoms with Gasteiger partial charge in [-0.05, 0) is 19.1 Å². The molecule has 0 spiro atoms. The number of pyridine rings is 1. The molecule has 0 aliphatic rings. The predicted octanol–water partition coefficient (Wildman–Crippen LogP) is 0.324. The highest BCUT2D eigenvalue weighted by Gasteiger charge is 2.26. The first kappa shape index (κ1) is 17.7. The van der Waals surface area contributed by atoms with Gasteiger partial charge in [-0.15, -0.1) is 0 Å². The predicted molar refractivity (Wildman–Crippen MR) is 98.6 cm³/mol. The first-order chi connectivity index (χ1) is 12.1. The molecule has 2 aromatic heterocycles. The average Bonchev–Trinajstić information content (AvgIpc) is 2.57. The summed E-state index contributed by atoms with van der Waals surface area (Å²) in [6.45, 7) is 1.73. The van der Waals surface area contributed by atoms with E-state index in [1.165, 1.54) is 14.1 Å². The second-order valence-corrected chi connectivity index (χ2v) is 7.47. The van der Waals surface area contributed by atoms with Crippen molar-refractivity contribution in [2.45, 2.75) is 11.8 Å². The van der Waals surface area contributed by atoms with Crippen molar-refractivity contribution in [1.82, 2.24) is 14.1 Å². The van der Waals surface area contributed by atoms with E-state index in [0.29, 0.717) is 21.2 Å². The molecule has 1 aromatic carbocycles. The molecular weight excluding hydrogens is 358 g/mol. The number of nitrogens with zero attached hydrogens (tertiary/aromatic N) is 3. The monoisotopic (exact) mass is 375 g/mol. The number of hydrogen-bond donors (Lipinski definition) is 2. The molecule has 0 amide bonds. The Balaban J connectivity index is 2.25. The Kier molecular flexibility index (Phi) is 4.07. The molecule has 0 bridgehead atoms. The Morgan fingerprint density at radius 1 is 1.12 bits per heavy atom. The zero-order chi connectivity index (χ0) is 19.2. The summed E-state index contributed by atoms with van der Waals surface area (Å²) in [5.41, 5.74) is 5.52. The Morgan fingerprint density at radius 2 is 1.77 bits per heavy atom. The van der Waals surface area contributed by atoms with Crippen LogP contribution in [-0.2, 0) is 24.1 Å². The fourth-order valence-corrected chi connectivity index (χ4v) is 4.01. The maximum absolute atomic E-state index is 12.9. The number of sulfonamides is 1. The molecular formula is C16H17N5O4S. The fraction of sp³-hybridized carbons (Fsp3) is 0.188. The van der Waals surface area contributed by atoms with E-state index in [1.54, 1.807) is 37.3 Å². The van der Waals surface area contributed by atoms with E-state index in [1.807, 2.05) is 0 Å². The summed E-state index contributed by atoms with van der Waals surface area (Å²) in [4.78, 5) is 27.9. The van der Waals surface area contributed by atoms with Gasteiger partial charge >= 0.3 is 5.69 Å². The van der Waals surface area contributed by atoms with Crippen LogP contribution < -0.4 is 21.7 Å². The first-order valence-electron chi connectivity index (χ1n) is 7.58. The molecule has 136 valence electrons. The summed E-state index contributed by atoms with van der Waals surface area (Å²) in [6, 6.07) is 8.55. The molecule has 3 N–H and O–H groups in total. The quantitative estimate of drug-likeness (QED) is 0.678. The lowest BCUT2D eigenvalue weighted by molar-refractivity contribution is 0.592. The van der Waals surface area contributed by atoms with Crippen LogP contribution in [0.2, 0.25) is 0 Å². The van der Waals surface area contributed by atoms with Crippen molar-refractivity contribution < 1.29 is 8.42 Å². The van der Waals surface area contributed by atoms with Crippen LogP contribution >= 0.6 is 0 Å². The molecule has 10 heteroatoms. The summed E-state index contributed by atoms with van der Waals surface area (Å²) in [7, 11) is -1.86. The van der Waals surface area contributed by atoms with Crippen molar-refractivity contribution in [2.75, 3.05) is 10.5 Å². The van der Waals surface area contributed by atoms with Crippen molar-refractivity contribution >= 4 is 32.4 Å². The average molecular weight is 375 g/mol. The van der Waals surface area contributed by atoms with Gasteiger partial charge in [0.25, 0.3) is 15.6 Å². The van der Waals surface area contributed by atoms with Gasteiger partial charge in [-0.25, -0.2) is 13.2 Å². The lowest BCUT2D eigenvalue weighted by Crippen LogP contribution is -2.42. The van der Waals surface area contributed by atoms with Crippen LogP contribution in [0.1, 0.15) is 5.69 Å². The van der Waals surface area contributed by atoms with Gasteiger partial charge in [0.1, 0.15) is 5.82 Å². The van der Waals surface area contributed by atoms with Crippen LogP contribution in [0.25, 0.3) is 10.9 Å². The minimum atomic E-state index is -4.34. The molecule has 3 aromatic rings. The maximum atomic E-state index is 12.9. The van der Waals surface area contributed by atoms with Gasteiger partial charge < -0.3 is 5.73 Å². The number of rotatable bonds is 3. The Bertz CT molecular complexity index is 1260. The second-order valence-electron chi connectivity index (χ2n) is 5.85. The van der Waals surface area contributed by atoms with Crippen LogP contribution in [-0.4, -0.2) is 22.5 Å². The topological polar surface area (TPSA) is 129 Å². The van der Waals surface area contributed by atoms with Crippen LogP contribution in [0.4, 0.5) is 11.5 Å². The van der Waals surface area contributed by atoms with Crippen LogP contribution in [0.15, 0.2) is 44.8 Å². The largest absolute Gasteiger partial charge is 0.384 e. The van der Waals surface area contributed by atoms with Crippen molar-refractivity contribution in [3.63, 3.8) is 0 Å². The van der Waals surface area contributed by atoms with Crippen LogP contribution in [0.3, 0.4) is 0 Å². The Labute approximate surface area is 148 Å². The summed E-state index contributed by atoms with van der Waals surface area (Å²) < 4.78 is 29.7. The van der Waals surface area contributed by atoms with E-state index < -0.39 is 32.0 Å². The normalized spacial score (nSPS) is 11.7. The van der Waals surface area contributed by atoms with Gasteiger partial charge in [0.15, 0.2) is 4.90 Å². The zero-order valence-electron chi connectivity index (χ0n) is 14.3. The molecule has 0 unspecified atom stereocenters. The second kappa shape index (κ2) is 5.99. The number of nitrogens with one attached hydrogen (secondary N) is 1. The number of nitrogens with two attached hydrogens (primary N) is 1. The zero-order valence-corrected chi connectivity index (χ0v) is 15.2. The Hall–Kier alpha value is -3.14. The van der Waals surface area contributed by atoms with E-state index in [9.17, 15) is 18.0 Å². The smallest absolute Gasteiger partial charge is 0.332 e. The van der Waals surface area contributed by atoms with Gasteiger partial charge in [-0.3, -0.25) is 23.6 Å². The van der Waals surface area contributed by atoms with Crippen molar-refractivity contribution in [1.29, 1.82) is 0 Å². The highest BCUT2D eigenvalue weighted by atomic mass is 32.2. The summed E-state index contributed by atoms with van der Waals surface area (Å²) in [5.74, 6) is -0.430. The van der Waals surface area contributed by atoms with E-state index in [2.05, 4.69) is 9.71 Å². The Morgan fingerprint density at radius 3 is 2.46 bits per heavy atom. The minimum absolute atomic E-state index is 0.267. The molecule has 26 heavy (non-hydrogen) atoms. The molecule has 0 fully saturated rings. The van der Waals surface area contributed by atoms with E-state index in [4.69, 9.17) is 5.73 Å². The highest BCUT2D eigenvalue weighted by molar-refractivity contribution is 7.92. The first-order valence-corrected chi connectivity index (χ1v) is 9.06. The lowest BCUT2D eigenvalue weighted by Gasteiger charge is -2.14. The number of aryl methyl sites for hydroxylation is 1.